The van der Waals surface area contributed by atoms with Crippen LogP contribution in [0.25, 0.3) is 10.9 Å². The van der Waals surface area contributed by atoms with Gasteiger partial charge >= 0.3 is 0 Å². The second kappa shape index (κ2) is 4.61. The summed E-state index contributed by atoms with van der Waals surface area (Å²) in [5, 5.41) is 9.83. The molecule has 0 radical (unpaired) electrons. The van der Waals surface area contributed by atoms with Crippen LogP contribution < -0.4 is 0 Å². The van der Waals surface area contributed by atoms with Crippen molar-refractivity contribution in [2.75, 3.05) is 0 Å². The highest BCUT2D eigenvalue weighted by Gasteiger charge is 2.25. The van der Waals surface area contributed by atoms with Crippen molar-refractivity contribution in [1.82, 2.24) is 10.2 Å². The maximum absolute atomic E-state index is 12.3. The van der Waals surface area contributed by atoms with Crippen LogP contribution in [0, 0.1) is 3.57 Å². The van der Waals surface area contributed by atoms with Crippen LogP contribution in [0.1, 0.15) is 20.8 Å². The van der Waals surface area contributed by atoms with Gasteiger partial charge in [-0.3, -0.25) is 4.21 Å². The van der Waals surface area contributed by atoms with Crippen LogP contribution in [0.15, 0.2) is 29.3 Å². The molecular formula is C12H13IN2OS. The third-order valence-corrected chi connectivity index (χ3v) is 5.52. The van der Waals surface area contributed by atoms with E-state index in [4.69, 9.17) is 0 Å². The van der Waals surface area contributed by atoms with Crippen molar-refractivity contribution in [1.29, 1.82) is 0 Å². The molecule has 2 rings (SSSR count). The van der Waals surface area contributed by atoms with Crippen LogP contribution in [-0.4, -0.2) is 19.2 Å². The molecule has 17 heavy (non-hydrogen) atoms. The number of aromatic nitrogens is 2. The second-order valence-corrected chi connectivity index (χ2v) is 7.95. The summed E-state index contributed by atoms with van der Waals surface area (Å²) in [7, 11) is -1.15. The minimum absolute atomic E-state index is 0.322. The summed E-state index contributed by atoms with van der Waals surface area (Å²) < 4.78 is 12.9. The standard InChI is InChI=1S/C12H13IN2OS/c1-12(2,3)17(16)11-10(13)8-6-4-5-7-9(8)14-15-11/h4-7H,1-3H3. The largest absolute Gasteiger partial charge is 0.252 e. The van der Waals surface area contributed by atoms with E-state index in [0.29, 0.717) is 5.03 Å². The normalized spacial score (nSPS) is 13.9. The molecule has 0 aliphatic rings. The highest BCUT2D eigenvalue weighted by atomic mass is 127. The molecule has 1 atom stereocenters. The van der Waals surface area contributed by atoms with E-state index < -0.39 is 10.8 Å². The molecule has 3 nitrogen and oxygen atoms in total. The minimum atomic E-state index is -1.15. The summed E-state index contributed by atoms with van der Waals surface area (Å²) in [6.45, 7) is 5.82. The smallest absolute Gasteiger partial charge is 0.164 e. The third kappa shape index (κ3) is 2.49. The molecule has 0 spiro atoms. The zero-order chi connectivity index (χ0) is 12.6. The summed E-state index contributed by atoms with van der Waals surface area (Å²) in [6, 6.07) is 7.77. The maximum Gasteiger partial charge on any atom is 0.164 e. The fraction of sp³-hybridized carbons (Fsp3) is 0.333. The lowest BCUT2D eigenvalue weighted by Gasteiger charge is -2.17. The van der Waals surface area contributed by atoms with E-state index in [0.717, 1.165) is 14.5 Å². The molecule has 5 heteroatoms. The first-order chi connectivity index (χ1) is 7.91. The quantitative estimate of drug-likeness (QED) is 0.734. The van der Waals surface area contributed by atoms with Crippen LogP contribution in [-0.2, 0) is 10.8 Å². The molecule has 1 aromatic heterocycles. The summed E-state index contributed by atoms with van der Waals surface area (Å²) in [5.74, 6) is 0. The summed E-state index contributed by atoms with van der Waals surface area (Å²) in [5.41, 5.74) is 0.839. The summed E-state index contributed by atoms with van der Waals surface area (Å²) in [4.78, 5) is 0. The van der Waals surface area contributed by atoms with E-state index in [1.54, 1.807) is 0 Å². The van der Waals surface area contributed by atoms with Crippen LogP contribution in [0.4, 0.5) is 0 Å². The van der Waals surface area contributed by atoms with Crippen LogP contribution >= 0.6 is 22.6 Å². The van der Waals surface area contributed by atoms with Crippen molar-refractivity contribution >= 4 is 44.3 Å². The molecule has 0 fully saturated rings. The molecule has 0 aliphatic carbocycles. The molecule has 0 amide bonds. The fourth-order valence-corrected chi connectivity index (χ4v) is 3.55. The third-order valence-electron chi connectivity index (χ3n) is 2.31. The van der Waals surface area contributed by atoms with Gasteiger partial charge in [0.15, 0.2) is 5.03 Å². The van der Waals surface area contributed by atoms with Gasteiger partial charge in [-0.05, 0) is 49.4 Å². The van der Waals surface area contributed by atoms with Crippen molar-refractivity contribution in [3.05, 3.63) is 27.8 Å². The molecule has 1 unspecified atom stereocenters. The molecule has 0 aliphatic heterocycles. The maximum atomic E-state index is 12.3. The number of nitrogens with zero attached hydrogens (tertiary/aromatic N) is 2. The lowest BCUT2D eigenvalue weighted by molar-refractivity contribution is 0.642. The van der Waals surface area contributed by atoms with Crippen molar-refractivity contribution in [3.8, 4) is 0 Å². The van der Waals surface area contributed by atoms with E-state index in [1.165, 1.54) is 0 Å². The molecule has 0 saturated carbocycles. The monoisotopic (exact) mass is 360 g/mol. The number of halogens is 1. The van der Waals surface area contributed by atoms with Gasteiger partial charge in [-0.2, -0.15) is 0 Å². The molecule has 2 aromatic rings. The van der Waals surface area contributed by atoms with Crippen LogP contribution in [0.5, 0.6) is 0 Å². The zero-order valence-corrected chi connectivity index (χ0v) is 12.9. The average molecular weight is 360 g/mol. The van der Waals surface area contributed by atoms with Gasteiger partial charge in [0.25, 0.3) is 0 Å². The number of hydrogen-bond donors (Lipinski definition) is 0. The molecule has 0 saturated heterocycles. The van der Waals surface area contributed by atoms with E-state index in [-0.39, 0.29) is 4.75 Å². The van der Waals surface area contributed by atoms with Crippen molar-refractivity contribution in [2.24, 2.45) is 0 Å². The van der Waals surface area contributed by atoms with Crippen molar-refractivity contribution in [2.45, 2.75) is 30.5 Å². The number of hydrogen-bond acceptors (Lipinski definition) is 3. The van der Waals surface area contributed by atoms with Gasteiger partial charge in [-0.25, -0.2) is 0 Å². The molecule has 0 bridgehead atoms. The molecule has 0 N–H and O–H groups in total. The Bertz CT molecular complexity index is 593. The van der Waals surface area contributed by atoms with Gasteiger partial charge in [0.05, 0.1) is 19.9 Å². The van der Waals surface area contributed by atoms with Gasteiger partial charge in [0.2, 0.25) is 0 Å². The Morgan fingerprint density at radius 1 is 1.18 bits per heavy atom. The SMILES string of the molecule is CC(C)(C)S(=O)c1nnc2ccccc2c1I. The Morgan fingerprint density at radius 2 is 1.82 bits per heavy atom. The van der Waals surface area contributed by atoms with E-state index in [2.05, 4.69) is 32.8 Å². The molecular weight excluding hydrogens is 347 g/mol. The predicted molar refractivity (Wildman–Crippen MR) is 78.4 cm³/mol. The van der Waals surface area contributed by atoms with Gasteiger partial charge in [-0.15, -0.1) is 10.2 Å². The lowest BCUT2D eigenvalue weighted by atomic mass is 10.2. The van der Waals surface area contributed by atoms with E-state index in [9.17, 15) is 4.21 Å². The highest BCUT2D eigenvalue weighted by molar-refractivity contribution is 14.1. The van der Waals surface area contributed by atoms with E-state index in [1.807, 2.05) is 45.0 Å². The topological polar surface area (TPSA) is 42.9 Å². The first-order valence-electron chi connectivity index (χ1n) is 5.24. The fourth-order valence-electron chi connectivity index (χ4n) is 1.41. The number of rotatable bonds is 1. The number of fused-ring (bicyclic) bond motifs is 1. The summed E-state index contributed by atoms with van der Waals surface area (Å²) >= 11 is 2.20. The lowest BCUT2D eigenvalue weighted by Crippen LogP contribution is -2.23. The van der Waals surface area contributed by atoms with Crippen molar-refractivity contribution < 1.29 is 4.21 Å². The molecule has 1 aromatic carbocycles. The Morgan fingerprint density at radius 3 is 2.47 bits per heavy atom. The average Bonchev–Trinajstić information content (AvgIpc) is 2.28. The van der Waals surface area contributed by atoms with Crippen LogP contribution in [0.2, 0.25) is 0 Å². The first-order valence-corrected chi connectivity index (χ1v) is 7.47. The molecule has 90 valence electrons. The van der Waals surface area contributed by atoms with E-state index >= 15 is 0 Å². The predicted octanol–water partition coefficient (Wildman–Crippen LogP) is 3.14. The Kier molecular flexibility index (Phi) is 3.49. The Labute approximate surface area is 117 Å². The Hall–Kier alpha value is -0.560. The molecule has 1 heterocycles. The van der Waals surface area contributed by atoms with Crippen LogP contribution in [0.3, 0.4) is 0 Å². The van der Waals surface area contributed by atoms with Gasteiger partial charge in [0.1, 0.15) is 0 Å². The first kappa shape index (κ1) is 12.9. The summed E-state index contributed by atoms with van der Waals surface area (Å²) in [6.07, 6.45) is 0. The van der Waals surface area contributed by atoms with Gasteiger partial charge in [0, 0.05) is 10.1 Å². The van der Waals surface area contributed by atoms with Gasteiger partial charge < -0.3 is 0 Å². The second-order valence-electron chi connectivity index (χ2n) is 4.72. The minimum Gasteiger partial charge on any atom is -0.252 e. The Balaban J connectivity index is 2.65. The zero-order valence-electron chi connectivity index (χ0n) is 9.90. The number of benzene rings is 1. The van der Waals surface area contributed by atoms with Gasteiger partial charge in [-0.1, -0.05) is 18.2 Å². The highest BCUT2D eigenvalue weighted by Crippen LogP contribution is 2.27. The van der Waals surface area contributed by atoms with Crippen molar-refractivity contribution in [3.63, 3.8) is 0 Å².